The molecule has 7 nitrogen and oxygen atoms in total. The van der Waals surface area contributed by atoms with Crippen molar-refractivity contribution in [2.45, 2.75) is 31.8 Å². The molecule has 3 aromatic rings. The first-order chi connectivity index (χ1) is 15.8. The largest absolute Gasteiger partial charge is 0.487 e. The van der Waals surface area contributed by atoms with Gasteiger partial charge in [0, 0.05) is 5.69 Å². The number of amides is 1. The van der Waals surface area contributed by atoms with Crippen molar-refractivity contribution in [3.63, 3.8) is 0 Å². The SMILES string of the molecule is Cc1cccc(OCC(=O)Nc2ccc(S(=O)(=O)N3C[C@H](C)Oc4ccccc43)cc2)c1C. The third-order valence-electron chi connectivity index (χ3n) is 5.52. The zero-order chi connectivity index (χ0) is 23.6. The van der Waals surface area contributed by atoms with Crippen LogP contribution in [0.1, 0.15) is 18.1 Å². The summed E-state index contributed by atoms with van der Waals surface area (Å²) in [7, 11) is -3.79. The molecular formula is C25H26N2O5S. The van der Waals surface area contributed by atoms with E-state index in [0.717, 1.165) is 11.1 Å². The molecule has 1 aliphatic rings. The maximum atomic E-state index is 13.3. The predicted octanol–water partition coefficient (Wildman–Crippen LogP) is 4.30. The van der Waals surface area contributed by atoms with Crippen LogP contribution in [0.5, 0.6) is 11.5 Å². The average molecular weight is 467 g/mol. The highest BCUT2D eigenvalue weighted by Crippen LogP contribution is 2.36. The second-order valence-corrected chi connectivity index (χ2v) is 9.85. The van der Waals surface area contributed by atoms with Crippen molar-refractivity contribution in [3.05, 3.63) is 77.9 Å². The summed E-state index contributed by atoms with van der Waals surface area (Å²) in [6.07, 6.45) is -0.273. The Bertz CT molecular complexity index is 1270. The second-order valence-electron chi connectivity index (χ2n) is 7.99. The lowest BCUT2D eigenvalue weighted by Crippen LogP contribution is -2.42. The predicted molar refractivity (Wildman–Crippen MR) is 128 cm³/mol. The number of fused-ring (bicyclic) bond motifs is 1. The Morgan fingerprint density at radius 1 is 1.06 bits per heavy atom. The molecule has 1 heterocycles. The highest BCUT2D eigenvalue weighted by molar-refractivity contribution is 7.92. The lowest BCUT2D eigenvalue weighted by molar-refractivity contribution is -0.118. The molecule has 0 spiro atoms. The van der Waals surface area contributed by atoms with Crippen molar-refractivity contribution in [2.75, 3.05) is 22.8 Å². The summed E-state index contributed by atoms with van der Waals surface area (Å²) in [5.74, 6) is 0.863. The van der Waals surface area contributed by atoms with Gasteiger partial charge < -0.3 is 14.8 Å². The molecule has 1 aliphatic heterocycles. The van der Waals surface area contributed by atoms with Gasteiger partial charge in [0.2, 0.25) is 0 Å². The van der Waals surface area contributed by atoms with E-state index < -0.39 is 10.0 Å². The van der Waals surface area contributed by atoms with Crippen molar-refractivity contribution in [2.24, 2.45) is 0 Å². The number of benzene rings is 3. The summed E-state index contributed by atoms with van der Waals surface area (Å²) >= 11 is 0. The van der Waals surface area contributed by atoms with E-state index in [1.165, 1.54) is 16.4 Å². The van der Waals surface area contributed by atoms with Gasteiger partial charge in [0.25, 0.3) is 15.9 Å². The minimum atomic E-state index is -3.79. The summed E-state index contributed by atoms with van der Waals surface area (Å²) in [5.41, 5.74) is 3.07. The summed E-state index contributed by atoms with van der Waals surface area (Å²) < 4.78 is 39.4. The number of rotatable bonds is 6. The molecule has 0 saturated heterocycles. The smallest absolute Gasteiger partial charge is 0.264 e. The van der Waals surface area contributed by atoms with E-state index in [-0.39, 0.29) is 30.1 Å². The van der Waals surface area contributed by atoms with Crippen LogP contribution in [-0.4, -0.2) is 33.6 Å². The third kappa shape index (κ3) is 4.80. The summed E-state index contributed by atoms with van der Waals surface area (Å²) in [5, 5.41) is 2.73. The molecule has 1 atom stereocenters. The molecule has 4 rings (SSSR count). The number of aryl methyl sites for hydroxylation is 1. The Labute approximate surface area is 194 Å². The number of hydrogen-bond donors (Lipinski definition) is 1. The van der Waals surface area contributed by atoms with Crippen LogP contribution in [0.4, 0.5) is 11.4 Å². The molecule has 8 heteroatoms. The van der Waals surface area contributed by atoms with Gasteiger partial charge in [0.15, 0.2) is 6.61 Å². The Hall–Kier alpha value is -3.52. The Kier molecular flexibility index (Phi) is 6.29. The number of anilines is 2. The molecule has 0 unspecified atom stereocenters. The number of ether oxygens (including phenoxy) is 2. The van der Waals surface area contributed by atoms with Gasteiger partial charge in [0.1, 0.15) is 17.6 Å². The summed E-state index contributed by atoms with van der Waals surface area (Å²) in [6, 6.07) is 18.9. The van der Waals surface area contributed by atoms with E-state index in [9.17, 15) is 13.2 Å². The molecule has 0 aromatic heterocycles. The van der Waals surface area contributed by atoms with Crippen LogP contribution in [0.3, 0.4) is 0 Å². The quantitative estimate of drug-likeness (QED) is 0.586. The van der Waals surface area contributed by atoms with Gasteiger partial charge in [-0.15, -0.1) is 0 Å². The van der Waals surface area contributed by atoms with E-state index >= 15 is 0 Å². The molecule has 0 bridgehead atoms. The molecule has 1 amide bonds. The molecule has 0 radical (unpaired) electrons. The van der Waals surface area contributed by atoms with E-state index in [1.807, 2.05) is 45.0 Å². The average Bonchev–Trinajstić information content (AvgIpc) is 2.80. The van der Waals surface area contributed by atoms with Crippen LogP contribution < -0.4 is 19.1 Å². The van der Waals surface area contributed by atoms with Crippen LogP contribution in [0, 0.1) is 13.8 Å². The third-order valence-corrected chi connectivity index (χ3v) is 7.32. The molecule has 0 aliphatic carbocycles. The van der Waals surface area contributed by atoms with Gasteiger partial charge >= 0.3 is 0 Å². The first-order valence-corrected chi connectivity index (χ1v) is 12.1. The molecule has 1 N–H and O–H groups in total. The standard InChI is InChI=1S/C25H26N2O5S/c1-17-7-6-10-23(19(17)3)31-16-25(28)26-20-11-13-21(14-12-20)33(29,30)27-15-18(2)32-24-9-5-4-8-22(24)27/h4-14,18H,15-16H2,1-3H3,(H,26,28)/t18-/m0/s1. The first-order valence-electron chi connectivity index (χ1n) is 10.6. The lowest BCUT2D eigenvalue weighted by Gasteiger charge is -2.34. The van der Waals surface area contributed by atoms with Gasteiger partial charge in [0.05, 0.1) is 17.1 Å². The van der Waals surface area contributed by atoms with Crippen LogP contribution in [0.15, 0.2) is 71.6 Å². The van der Waals surface area contributed by atoms with Crippen LogP contribution in [0.2, 0.25) is 0 Å². The van der Waals surface area contributed by atoms with E-state index in [4.69, 9.17) is 9.47 Å². The molecule has 3 aromatic carbocycles. The summed E-state index contributed by atoms with van der Waals surface area (Å²) in [6.45, 7) is 5.82. The fourth-order valence-corrected chi connectivity index (χ4v) is 5.19. The highest BCUT2D eigenvalue weighted by atomic mass is 32.2. The van der Waals surface area contributed by atoms with Gasteiger partial charge in [-0.3, -0.25) is 9.10 Å². The fraction of sp³-hybridized carbons (Fsp3) is 0.240. The van der Waals surface area contributed by atoms with Gasteiger partial charge in [-0.05, 0) is 74.4 Å². The van der Waals surface area contributed by atoms with Gasteiger partial charge in [-0.1, -0.05) is 24.3 Å². The van der Waals surface area contributed by atoms with E-state index in [0.29, 0.717) is 22.9 Å². The minimum Gasteiger partial charge on any atom is -0.487 e. The number of sulfonamides is 1. The summed E-state index contributed by atoms with van der Waals surface area (Å²) in [4.78, 5) is 12.4. The zero-order valence-electron chi connectivity index (χ0n) is 18.7. The second kappa shape index (κ2) is 9.15. The van der Waals surface area contributed by atoms with E-state index in [1.54, 1.807) is 30.3 Å². The van der Waals surface area contributed by atoms with Crippen molar-refractivity contribution in [1.82, 2.24) is 0 Å². The van der Waals surface area contributed by atoms with Crippen molar-refractivity contribution < 1.29 is 22.7 Å². The van der Waals surface area contributed by atoms with Crippen LogP contribution in [0.25, 0.3) is 0 Å². The maximum Gasteiger partial charge on any atom is 0.264 e. The van der Waals surface area contributed by atoms with Gasteiger partial charge in [-0.25, -0.2) is 8.42 Å². The zero-order valence-corrected chi connectivity index (χ0v) is 19.6. The van der Waals surface area contributed by atoms with E-state index in [2.05, 4.69) is 5.32 Å². The molecule has 0 saturated carbocycles. The molecular weight excluding hydrogens is 440 g/mol. The topological polar surface area (TPSA) is 84.9 Å². The maximum absolute atomic E-state index is 13.3. The molecule has 0 fully saturated rings. The van der Waals surface area contributed by atoms with Crippen molar-refractivity contribution >= 4 is 27.3 Å². The monoisotopic (exact) mass is 466 g/mol. The number of carbonyl (C=O) groups excluding carboxylic acids is 1. The van der Waals surface area contributed by atoms with Gasteiger partial charge in [-0.2, -0.15) is 0 Å². The first kappa shape index (κ1) is 22.7. The lowest BCUT2D eigenvalue weighted by atomic mass is 10.1. The number of para-hydroxylation sites is 2. The Morgan fingerprint density at radius 2 is 1.79 bits per heavy atom. The molecule has 172 valence electrons. The molecule has 33 heavy (non-hydrogen) atoms. The Morgan fingerprint density at radius 3 is 2.55 bits per heavy atom. The fourth-order valence-electron chi connectivity index (χ4n) is 3.63. The van der Waals surface area contributed by atoms with Crippen molar-refractivity contribution in [1.29, 1.82) is 0 Å². The highest BCUT2D eigenvalue weighted by Gasteiger charge is 2.32. The van der Waals surface area contributed by atoms with Crippen molar-refractivity contribution in [3.8, 4) is 11.5 Å². The number of nitrogens with one attached hydrogen (secondary N) is 1. The number of hydrogen-bond acceptors (Lipinski definition) is 5. The number of nitrogens with zero attached hydrogens (tertiary/aromatic N) is 1. The van der Waals surface area contributed by atoms with Crippen LogP contribution in [-0.2, 0) is 14.8 Å². The normalized spacial score (nSPS) is 15.4. The minimum absolute atomic E-state index is 0.135. The Balaban J connectivity index is 1.45. The number of carbonyl (C=O) groups is 1. The van der Waals surface area contributed by atoms with Crippen LogP contribution >= 0.6 is 0 Å².